The normalized spacial score (nSPS) is 14.3. The molecule has 0 bridgehead atoms. The molecule has 32 heavy (non-hydrogen) atoms. The van der Waals surface area contributed by atoms with Crippen LogP contribution in [-0.2, 0) is 0 Å². The molecule has 3 heterocycles. The maximum atomic E-state index is 13.4. The van der Waals surface area contributed by atoms with Gasteiger partial charge in [-0.25, -0.2) is 9.97 Å². The number of nitrogens with one attached hydrogen (secondary N) is 1. The van der Waals surface area contributed by atoms with Crippen molar-refractivity contribution in [3.05, 3.63) is 58.0 Å². The van der Waals surface area contributed by atoms with Gasteiger partial charge in [-0.2, -0.15) is 4.98 Å². The van der Waals surface area contributed by atoms with Crippen molar-refractivity contribution < 1.29 is 4.52 Å². The van der Waals surface area contributed by atoms with Crippen LogP contribution in [0.15, 0.2) is 39.8 Å². The molecule has 0 unspecified atom stereocenters. The number of anilines is 2. The molecule has 1 aromatic carbocycles. The topological polar surface area (TPSA) is 125 Å². The molecule has 1 aliphatic rings. The number of nitrogens with two attached hydrogens (primary N) is 1. The molecule has 3 aromatic heterocycles. The third kappa shape index (κ3) is 3.26. The number of terminal acetylenes is 1. The van der Waals surface area contributed by atoms with E-state index < -0.39 is 0 Å². The molecule has 5 rings (SSSR count). The molecular weight excluding hydrogens is 406 g/mol. The fourth-order valence-corrected chi connectivity index (χ4v) is 3.85. The molecule has 9 heteroatoms. The first-order valence-corrected chi connectivity index (χ1v) is 10.3. The van der Waals surface area contributed by atoms with Crippen molar-refractivity contribution in [2.24, 2.45) is 0 Å². The van der Waals surface area contributed by atoms with E-state index in [2.05, 4.69) is 26.4 Å². The lowest BCUT2D eigenvalue weighted by atomic mass is 10.1. The molecule has 1 fully saturated rings. The summed E-state index contributed by atoms with van der Waals surface area (Å²) in [5.74, 6) is 4.44. The van der Waals surface area contributed by atoms with Crippen LogP contribution in [0.4, 0.5) is 11.5 Å². The average molecular weight is 427 g/mol. The van der Waals surface area contributed by atoms with Gasteiger partial charge < -0.3 is 15.6 Å². The van der Waals surface area contributed by atoms with E-state index in [0.717, 1.165) is 12.8 Å². The van der Waals surface area contributed by atoms with Gasteiger partial charge >= 0.3 is 0 Å². The van der Waals surface area contributed by atoms with Gasteiger partial charge in [-0.3, -0.25) is 9.36 Å². The number of hydrogen-bond acceptors (Lipinski definition) is 8. The highest BCUT2D eigenvalue weighted by Gasteiger charge is 2.31. The number of pyridine rings is 1. The van der Waals surface area contributed by atoms with E-state index in [1.165, 1.54) is 0 Å². The Morgan fingerprint density at radius 2 is 2.12 bits per heavy atom. The fraction of sp³-hybridized carbons (Fsp3) is 0.261. The van der Waals surface area contributed by atoms with Gasteiger partial charge in [-0.05, 0) is 44.9 Å². The van der Waals surface area contributed by atoms with Crippen molar-refractivity contribution in [1.82, 2.24) is 24.7 Å². The average Bonchev–Trinajstić information content (AvgIpc) is 3.53. The quantitative estimate of drug-likeness (QED) is 0.465. The van der Waals surface area contributed by atoms with E-state index in [9.17, 15) is 4.79 Å². The zero-order valence-electron chi connectivity index (χ0n) is 17.7. The molecule has 160 valence electrons. The second-order valence-corrected chi connectivity index (χ2v) is 7.86. The Bertz CT molecular complexity index is 1440. The van der Waals surface area contributed by atoms with Crippen LogP contribution in [0.5, 0.6) is 0 Å². The van der Waals surface area contributed by atoms with E-state index in [1.807, 2.05) is 13.0 Å². The van der Waals surface area contributed by atoms with Gasteiger partial charge in [0.2, 0.25) is 0 Å². The second-order valence-electron chi connectivity index (χ2n) is 7.86. The number of fused-ring (bicyclic) bond motifs is 1. The Hall–Kier alpha value is -4.19. The zero-order valence-corrected chi connectivity index (χ0v) is 17.7. The molecule has 0 radical (unpaired) electrons. The number of aromatic nitrogens is 5. The minimum absolute atomic E-state index is 0.108. The number of hydrogen-bond donors (Lipinski definition) is 2. The van der Waals surface area contributed by atoms with Crippen LogP contribution < -0.4 is 16.6 Å². The standard InChI is InChI=1S/C23H21N7O2/c1-4-14-6-5-7-17-18(14)23(31)30(15-8-9-15)21(28-17)12(2)26-20-19(16(24)10-11-25-20)22-27-13(3)29-32-22/h1,5-7,10-12,15H,8-9H2,2-3H3,(H3,24,25,26)/t12-/m0/s1. The minimum Gasteiger partial charge on any atom is -0.398 e. The van der Waals surface area contributed by atoms with Crippen molar-refractivity contribution in [3.63, 3.8) is 0 Å². The third-order valence-corrected chi connectivity index (χ3v) is 5.49. The summed E-state index contributed by atoms with van der Waals surface area (Å²) < 4.78 is 7.08. The summed E-state index contributed by atoms with van der Waals surface area (Å²) in [6.45, 7) is 3.65. The largest absolute Gasteiger partial charge is 0.398 e. The molecule has 0 aliphatic heterocycles. The minimum atomic E-state index is -0.362. The number of nitrogens with zero attached hydrogens (tertiary/aromatic N) is 5. The van der Waals surface area contributed by atoms with Crippen molar-refractivity contribution in [2.75, 3.05) is 11.1 Å². The predicted octanol–water partition coefficient (Wildman–Crippen LogP) is 3.22. The first-order chi connectivity index (χ1) is 15.5. The molecule has 1 saturated carbocycles. The van der Waals surface area contributed by atoms with Crippen LogP contribution in [0.2, 0.25) is 0 Å². The maximum Gasteiger partial charge on any atom is 0.263 e. The van der Waals surface area contributed by atoms with Crippen molar-refractivity contribution >= 4 is 22.4 Å². The van der Waals surface area contributed by atoms with Crippen LogP contribution >= 0.6 is 0 Å². The lowest BCUT2D eigenvalue weighted by Crippen LogP contribution is -2.28. The Kier molecular flexibility index (Phi) is 4.63. The van der Waals surface area contributed by atoms with Crippen LogP contribution in [0.1, 0.15) is 49.1 Å². The fourth-order valence-electron chi connectivity index (χ4n) is 3.85. The van der Waals surface area contributed by atoms with Gasteiger partial charge in [0.05, 0.1) is 16.9 Å². The molecule has 3 N–H and O–H groups in total. The molecule has 0 amide bonds. The molecule has 9 nitrogen and oxygen atoms in total. The van der Waals surface area contributed by atoms with Crippen molar-refractivity contribution in [1.29, 1.82) is 0 Å². The summed E-state index contributed by atoms with van der Waals surface area (Å²) in [5, 5.41) is 7.66. The monoisotopic (exact) mass is 427 g/mol. The molecule has 1 aliphatic carbocycles. The van der Waals surface area contributed by atoms with Gasteiger partial charge in [-0.1, -0.05) is 17.1 Å². The summed E-state index contributed by atoms with van der Waals surface area (Å²) in [7, 11) is 0. The Labute approximate surface area is 183 Å². The summed E-state index contributed by atoms with van der Waals surface area (Å²) in [6.07, 6.45) is 9.08. The molecule has 0 spiro atoms. The summed E-state index contributed by atoms with van der Waals surface area (Å²) >= 11 is 0. The number of rotatable bonds is 5. The summed E-state index contributed by atoms with van der Waals surface area (Å²) in [4.78, 5) is 27.0. The van der Waals surface area contributed by atoms with Gasteiger partial charge in [0.1, 0.15) is 17.2 Å². The summed E-state index contributed by atoms with van der Waals surface area (Å²) in [6, 6.07) is 6.79. The van der Waals surface area contributed by atoms with E-state index in [1.54, 1.807) is 35.9 Å². The van der Waals surface area contributed by atoms with Gasteiger partial charge in [0, 0.05) is 23.5 Å². The SMILES string of the molecule is C#Cc1cccc2nc([C@H](C)Nc3nccc(N)c3-c3nc(C)no3)n(C3CC3)c(=O)c12. The number of aryl methyl sites for hydroxylation is 1. The molecule has 1 atom stereocenters. The van der Waals surface area contributed by atoms with Crippen molar-refractivity contribution in [3.8, 4) is 23.8 Å². The van der Waals surface area contributed by atoms with Crippen LogP contribution in [0.25, 0.3) is 22.4 Å². The van der Waals surface area contributed by atoms with Crippen molar-refractivity contribution in [2.45, 2.75) is 38.8 Å². The first kappa shape index (κ1) is 19.8. The summed E-state index contributed by atoms with van der Waals surface area (Å²) in [5.41, 5.74) is 8.15. The molecule has 0 saturated heterocycles. The van der Waals surface area contributed by atoms with Crippen LogP contribution in [0.3, 0.4) is 0 Å². The van der Waals surface area contributed by atoms with E-state index >= 15 is 0 Å². The molecule has 4 aromatic rings. The van der Waals surface area contributed by atoms with Crippen LogP contribution in [0, 0.1) is 19.3 Å². The van der Waals surface area contributed by atoms with Gasteiger partial charge in [0.15, 0.2) is 5.82 Å². The number of nitrogen functional groups attached to an aromatic ring is 1. The second kappa shape index (κ2) is 7.50. The number of benzene rings is 1. The van der Waals surface area contributed by atoms with E-state index in [4.69, 9.17) is 21.7 Å². The third-order valence-electron chi connectivity index (χ3n) is 5.49. The maximum absolute atomic E-state index is 13.4. The highest BCUT2D eigenvalue weighted by molar-refractivity contribution is 5.84. The zero-order chi connectivity index (χ0) is 22.4. The lowest BCUT2D eigenvalue weighted by molar-refractivity contribution is 0.426. The predicted molar refractivity (Wildman–Crippen MR) is 121 cm³/mol. The smallest absolute Gasteiger partial charge is 0.263 e. The molecular formula is C23H21N7O2. The lowest BCUT2D eigenvalue weighted by Gasteiger charge is -2.21. The van der Waals surface area contributed by atoms with E-state index in [0.29, 0.717) is 45.2 Å². The van der Waals surface area contributed by atoms with Gasteiger partial charge in [0.25, 0.3) is 11.4 Å². The first-order valence-electron chi connectivity index (χ1n) is 10.3. The van der Waals surface area contributed by atoms with Crippen LogP contribution in [-0.4, -0.2) is 24.7 Å². The van der Waals surface area contributed by atoms with Gasteiger partial charge in [-0.15, -0.1) is 6.42 Å². The highest BCUT2D eigenvalue weighted by Crippen LogP contribution is 2.37. The Morgan fingerprint density at radius 1 is 1.31 bits per heavy atom. The Morgan fingerprint density at radius 3 is 2.81 bits per heavy atom. The Balaban J connectivity index is 1.62. The highest BCUT2D eigenvalue weighted by atomic mass is 16.5. The van der Waals surface area contributed by atoms with E-state index in [-0.39, 0.29) is 23.5 Å².